The van der Waals surface area contributed by atoms with Crippen LogP contribution in [-0.2, 0) is 41.2 Å². The van der Waals surface area contributed by atoms with Gasteiger partial charge in [-0.2, -0.15) is 13.2 Å². The standard InChI is InChI=1S/C21H17ClF3NO9/c1-11(20(29)33-10-19(28)32-2)34-18(27)8-12-7-14(4-5-16(12)26(30)31)35-17-6-3-13(9-15(17)22)21(23,24)25/h3-7,9,11H,8,10H2,1-2H3. The number of hydrogen-bond donors (Lipinski definition) is 0. The molecule has 0 amide bonds. The number of carbonyl (C=O) groups is 3. The summed E-state index contributed by atoms with van der Waals surface area (Å²) in [5.41, 5.74) is -1.65. The van der Waals surface area contributed by atoms with Gasteiger partial charge in [-0.05, 0) is 37.3 Å². The molecule has 1 unspecified atom stereocenters. The number of halogens is 4. The Kier molecular flexibility index (Phi) is 9.00. The topological polar surface area (TPSA) is 131 Å². The van der Waals surface area contributed by atoms with Crippen LogP contribution in [0, 0.1) is 10.1 Å². The van der Waals surface area contributed by atoms with Gasteiger partial charge in [0.1, 0.15) is 11.5 Å². The van der Waals surface area contributed by atoms with Crippen molar-refractivity contribution >= 4 is 35.2 Å². The predicted molar refractivity (Wildman–Crippen MR) is 112 cm³/mol. The minimum atomic E-state index is -4.62. The number of nitro benzene ring substituents is 1. The van der Waals surface area contributed by atoms with Crippen molar-refractivity contribution in [3.05, 3.63) is 62.7 Å². The van der Waals surface area contributed by atoms with E-state index in [0.717, 1.165) is 44.4 Å². The Morgan fingerprint density at radius 2 is 1.80 bits per heavy atom. The highest BCUT2D eigenvalue weighted by Gasteiger charge is 2.31. The molecule has 0 radical (unpaired) electrons. The van der Waals surface area contributed by atoms with Crippen molar-refractivity contribution in [1.82, 2.24) is 0 Å². The second-order valence-corrected chi connectivity index (χ2v) is 7.19. The molecule has 10 nitrogen and oxygen atoms in total. The van der Waals surface area contributed by atoms with Gasteiger partial charge in [-0.3, -0.25) is 14.9 Å². The fourth-order valence-corrected chi connectivity index (χ4v) is 2.80. The molecule has 0 saturated heterocycles. The molecular weight excluding hydrogens is 503 g/mol. The van der Waals surface area contributed by atoms with E-state index in [-0.39, 0.29) is 22.1 Å². The molecule has 0 aliphatic carbocycles. The van der Waals surface area contributed by atoms with Crippen molar-refractivity contribution in [1.29, 1.82) is 0 Å². The summed E-state index contributed by atoms with van der Waals surface area (Å²) in [5.74, 6) is -3.15. The van der Waals surface area contributed by atoms with Gasteiger partial charge < -0.3 is 18.9 Å². The summed E-state index contributed by atoms with van der Waals surface area (Å²) in [6.45, 7) is 0.465. The van der Waals surface area contributed by atoms with Crippen molar-refractivity contribution in [2.45, 2.75) is 25.6 Å². The molecule has 188 valence electrons. The Labute approximate surface area is 200 Å². The molecule has 1 atom stereocenters. The Balaban J connectivity index is 2.16. The number of nitro groups is 1. The van der Waals surface area contributed by atoms with Crippen LogP contribution in [0.2, 0.25) is 5.02 Å². The lowest BCUT2D eigenvalue weighted by molar-refractivity contribution is -0.385. The average molecular weight is 520 g/mol. The Morgan fingerprint density at radius 3 is 2.37 bits per heavy atom. The number of esters is 3. The van der Waals surface area contributed by atoms with Gasteiger partial charge in [0.15, 0.2) is 12.7 Å². The maximum Gasteiger partial charge on any atom is 0.416 e. The number of hydrogen-bond acceptors (Lipinski definition) is 9. The van der Waals surface area contributed by atoms with Crippen LogP contribution in [0.25, 0.3) is 0 Å². The molecule has 2 aromatic rings. The lowest BCUT2D eigenvalue weighted by Gasteiger charge is -2.13. The lowest BCUT2D eigenvalue weighted by Crippen LogP contribution is -2.29. The first-order valence-corrected chi connectivity index (χ1v) is 9.94. The zero-order valence-corrected chi connectivity index (χ0v) is 18.8. The predicted octanol–water partition coefficient (Wildman–Crippen LogP) is 4.25. The average Bonchev–Trinajstić information content (AvgIpc) is 2.77. The third-order valence-corrected chi connectivity index (χ3v) is 4.56. The van der Waals surface area contributed by atoms with Crippen molar-refractivity contribution in [2.24, 2.45) is 0 Å². The van der Waals surface area contributed by atoms with Crippen LogP contribution < -0.4 is 4.74 Å². The monoisotopic (exact) mass is 519 g/mol. The summed E-state index contributed by atoms with van der Waals surface area (Å²) in [6, 6.07) is 5.65. The van der Waals surface area contributed by atoms with E-state index >= 15 is 0 Å². The van der Waals surface area contributed by atoms with E-state index in [1.54, 1.807) is 0 Å². The molecule has 0 bridgehead atoms. The molecule has 2 rings (SSSR count). The molecule has 35 heavy (non-hydrogen) atoms. The highest BCUT2D eigenvalue weighted by atomic mass is 35.5. The highest BCUT2D eigenvalue weighted by Crippen LogP contribution is 2.37. The second kappa shape index (κ2) is 11.5. The van der Waals surface area contributed by atoms with Crippen LogP contribution in [-0.4, -0.2) is 42.7 Å². The van der Waals surface area contributed by atoms with Gasteiger partial charge in [-0.25, -0.2) is 9.59 Å². The van der Waals surface area contributed by atoms with E-state index in [0.29, 0.717) is 6.07 Å². The SMILES string of the molecule is COC(=O)COC(=O)C(C)OC(=O)Cc1cc(Oc2ccc(C(F)(F)F)cc2Cl)ccc1[N+](=O)[O-]. The van der Waals surface area contributed by atoms with Gasteiger partial charge in [0.05, 0.1) is 29.0 Å². The van der Waals surface area contributed by atoms with E-state index in [4.69, 9.17) is 21.1 Å². The number of methoxy groups -OCH3 is 1. The fourth-order valence-electron chi connectivity index (χ4n) is 2.58. The molecule has 0 heterocycles. The van der Waals surface area contributed by atoms with Gasteiger partial charge in [-0.1, -0.05) is 11.6 Å². The lowest BCUT2D eigenvalue weighted by atomic mass is 10.1. The summed E-state index contributed by atoms with van der Waals surface area (Å²) < 4.78 is 57.6. The van der Waals surface area contributed by atoms with Crippen molar-refractivity contribution < 1.29 is 51.4 Å². The fraction of sp³-hybridized carbons (Fsp3) is 0.286. The first kappa shape index (κ1) is 27.4. The van der Waals surface area contributed by atoms with Crippen LogP contribution in [0.15, 0.2) is 36.4 Å². The summed E-state index contributed by atoms with van der Waals surface area (Å²) in [6.07, 6.45) is -6.72. The molecule has 0 aliphatic heterocycles. The van der Waals surface area contributed by atoms with Gasteiger partial charge in [-0.15, -0.1) is 0 Å². The minimum Gasteiger partial charge on any atom is -0.466 e. The summed E-state index contributed by atoms with van der Waals surface area (Å²) in [4.78, 5) is 45.6. The van der Waals surface area contributed by atoms with Crippen LogP contribution in [0.5, 0.6) is 11.5 Å². The molecule has 0 fully saturated rings. The number of carbonyl (C=O) groups excluding carboxylic acids is 3. The van der Waals surface area contributed by atoms with Gasteiger partial charge in [0.25, 0.3) is 5.69 Å². The number of ether oxygens (including phenoxy) is 4. The molecule has 0 aromatic heterocycles. The van der Waals surface area contributed by atoms with Crippen molar-refractivity contribution in [3.8, 4) is 11.5 Å². The van der Waals surface area contributed by atoms with E-state index in [2.05, 4.69) is 9.47 Å². The molecule has 0 N–H and O–H groups in total. The maximum atomic E-state index is 12.8. The number of benzene rings is 2. The van der Waals surface area contributed by atoms with Gasteiger partial charge >= 0.3 is 24.1 Å². The Bertz CT molecular complexity index is 1140. The number of nitrogens with zero attached hydrogens (tertiary/aromatic N) is 1. The first-order chi connectivity index (χ1) is 16.3. The summed E-state index contributed by atoms with van der Waals surface area (Å²) >= 11 is 5.85. The molecule has 14 heteroatoms. The van der Waals surface area contributed by atoms with Gasteiger partial charge in [0.2, 0.25) is 0 Å². The van der Waals surface area contributed by atoms with E-state index < -0.39 is 59.4 Å². The van der Waals surface area contributed by atoms with Crippen LogP contribution in [0.4, 0.5) is 18.9 Å². The quantitative estimate of drug-likeness (QED) is 0.206. The number of alkyl halides is 3. The maximum absolute atomic E-state index is 12.8. The zero-order chi connectivity index (χ0) is 26.3. The third-order valence-electron chi connectivity index (χ3n) is 4.27. The number of rotatable bonds is 9. The molecular formula is C21H17ClF3NO9. The van der Waals surface area contributed by atoms with Crippen molar-refractivity contribution in [2.75, 3.05) is 13.7 Å². The smallest absolute Gasteiger partial charge is 0.416 e. The van der Waals surface area contributed by atoms with E-state index in [9.17, 15) is 37.7 Å². The second-order valence-electron chi connectivity index (χ2n) is 6.79. The zero-order valence-electron chi connectivity index (χ0n) is 18.1. The van der Waals surface area contributed by atoms with E-state index in [1.807, 2.05) is 0 Å². The molecule has 0 spiro atoms. The third kappa shape index (κ3) is 7.84. The molecule has 2 aromatic carbocycles. The Hall–Kier alpha value is -3.87. The van der Waals surface area contributed by atoms with Gasteiger partial charge in [0, 0.05) is 11.6 Å². The summed E-state index contributed by atoms with van der Waals surface area (Å²) in [5, 5.41) is 11.0. The normalized spacial score (nSPS) is 11.8. The molecule has 0 aliphatic rings. The van der Waals surface area contributed by atoms with Crippen molar-refractivity contribution in [3.63, 3.8) is 0 Å². The minimum absolute atomic E-state index is 0.0643. The largest absolute Gasteiger partial charge is 0.466 e. The van der Waals surface area contributed by atoms with E-state index in [1.165, 1.54) is 0 Å². The van der Waals surface area contributed by atoms with Crippen LogP contribution in [0.1, 0.15) is 18.1 Å². The summed E-state index contributed by atoms with van der Waals surface area (Å²) in [7, 11) is 1.08. The van der Waals surface area contributed by atoms with Crippen LogP contribution >= 0.6 is 11.6 Å². The Morgan fingerprint density at radius 1 is 1.11 bits per heavy atom. The first-order valence-electron chi connectivity index (χ1n) is 9.56. The molecule has 0 saturated carbocycles. The highest BCUT2D eigenvalue weighted by molar-refractivity contribution is 6.32. The van der Waals surface area contributed by atoms with Crippen LogP contribution in [0.3, 0.4) is 0 Å².